The average molecular weight is 381 g/mol. The first kappa shape index (κ1) is 18.1. The molecule has 140 valence electrons. The van der Waals surface area contributed by atoms with Crippen molar-refractivity contribution in [1.82, 2.24) is 9.80 Å². The van der Waals surface area contributed by atoms with E-state index >= 15 is 0 Å². The van der Waals surface area contributed by atoms with Gasteiger partial charge in [0.05, 0.1) is 5.75 Å². The Bertz CT molecular complexity index is 801. The van der Waals surface area contributed by atoms with Gasteiger partial charge in [0, 0.05) is 25.2 Å². The van der Waals surface area contributed by atoms with Crippen LogP contribution in [0, 0.1) is 0 Å². The minimum Gasteiger partial charge on any atom is -0.339 e. The van der Waals surface area contributed by atoms with E-state index in [1.54, 1.807) is 11.8 Å². The van der Waals surface area contributed by atoms with Crippen molar-refractivity contribution in [3.8, 4) is 0 Å². The lowest BCUT2D eigenvalue weighted by Crippen LogP contribution is -2.35. The van der Waals surface area contributed by atoms with Crippen LogP contribution in [0.5, 0.6) is 0 Å². The summed E-state index contributed by atoms with van der Waals surface area (Å²) in [5, 5.41) is 0.0110. The van der Waals surface area contributed by atoms with Crippen LogP contribution in [0.2, 0.25) is 0 Å². The molecule has 2 amide bonds. The second-order valence-electron chi connectivity index (χ2n) is 7.15. The van der Waals surface area contributed by atoms with Crippen molar-refractivity contribution < 1.29 is 9.59 Å². The third kappa shape index (κ3) is 4.03. The summed E-state index contributed by atoms with van der Waals surface area (Å²) in [7, 11) is 0. The molecular weight excluding hydrogens is 356 g/mol. The zero-order valence-electron chi connectivity index (χ0n) is 15.3. The predicted octanol–water partition coefficient (Wildman–Crippen LogP) is 4.09. The van der Waals surface area contributed by atoms with Gasteiger partial charge < -0.3 is 9.80 Å². The minimum atomic E-state index is 0.0110. The summed E-state index contributed by atoms with van der Waals surface area (Å²) < 4.78 is 0. The Hall–Kier alpha value is -2.27. The number of hydrogen-bond acceptors (Lipinski definition) is 3. The quantitative estimate of drug-likeness (QED) is 0.802. The van der Waals surface area contributed by atoms with Crippen molar-refractivity contribution >= 4 is 23.6 Å². The van der Waals surface area contributed by atoms with Gasteiger partial charge in [-0.25, -0.2) is 0 Å². The highest BCUT2D eigenvalue weighted by atomic mass is 32.2. The van der Waals surface area contributed by atoms with Crippen LogP contribution in [0.15, 0.2) is 54.6 Å². The summed E-state index contributed by atoms with van der Waals surface area (Å²) in [5.41, 5.74) is 2.96. The van der Waals surface area contributed by atoms with Crippen LogP contribution < -0.4 is 0 Å². The molecule has 2 aromatic carbocycles. The standard InChI is InChI=1S/C22H24N2O2S/c25-20-16-27-22(24(20)15-17-7-3-1-4-8-17)19-11-9-18(10-12-19)21(26)23-13-5-2-6-14-23/h1,3-4,7-12,22H,2,5-6,13-16H2/t22-/m1/s1. The van der Waals surface area contributed by atoms with E-state index in [0.29, 0.717) is 12.3 Å². The van der Waals surface area contributed by atoms with E-state index < -0.39 is 0 Å². The number of likely N-dealkylation sites (tertiary alicyclic amines) is 1. The number of benzene rings is 2. The summed E-state index contributed by atoms with van der Waals surface area (Å²) >= 11 is 1.65. The maximum Gasteiger partial charge on any atom is 0.253 e. The summed E-state index contributed by atoms with van der Waals surface area (Å²) in [4.78, 5) is 28.9. The van der Waals surface area contributed by atoms with Gasteiger partial charge in [0.15, 0.2) is 0 Å². The summed E-state index contributed by atoms with van der Waals surface area (Å²) in [6, 6.07) is 17.9. The molecule has 0 bridgehead atoms. The van der Waals surface area contributed by atoms with E-state index in [1.807, 2.05) is 64.4 Å². The SMILES string of the molecule is O=C(c1ccc([C@H]2SCC(=O)N2Cc2ccccc2)cc1)N1CCCCC1. The van der Waals surface area contributed by atoms with E-state index in [-0.39, 0.29) is 17.2 Å². The number of amides is 2. The monoisotopic (exact) mass is 380 g/mol. The first-order chi connectivity index (χ1) is 13.2. The molecule has 0 aromatic heterocycles. The molecule has 2 aromatic rings. The third-order valence-corrected chi connectivity index (χ3v) is 6.51. The minimum absolute atomic E-state index is 0.0110. The van der Waals surface area contributed by atoms with Gasteiger partial charge in [-0.15, -0.1) is 11.8 Å². The van der Waals surface area contributed by atoms with Gasteiger partial charge in [-0.1, -0.05) is 42.5 Å². The summed E-state index contributed by atoms with van der Waals surface area (Å²) in [6.07, 6.45) is 3.41. The lowest BCUT2D eigenvalue weighted by Gasteiger charge is -2.27. The zero-order chi connectivity index (χ0) is 18.6. The summed E-state index contributed by atoms with van der Waals surface area (Å²) in [5.74, 6) is 0.797. The highest BCUT2D eigenvalue weighted by molar-refractivity contribution is 8.00. The molecule has 0 radical (unpaired) electrons. The molecule has 0 saturated carbocycles. The topological polar surface area (TPSA) is 40.6 Å². The molecule has 2 saturated heterocycles. The van der Waals surface area contributed by atoms with Crippen molar-refractivity contribution in [2.24, 2.45) is 0 Å². The first-order valence-electron chi connectivity index (χ1n) is 9.56. The molecule has 0 aliphatic carbocycles. The van der Waals surface area contributed by atoms with Crippen LogP contribution in [-0.2, 0) is 11.3 Å². The van der Waals surface area contributed by atoms with Crippen molar-refractivity contribution in [1.29, 1.82) is 0 Å². The van der Waals surface area contributed by atoms with Gasteiger partial charge in [-0.3, -0.25) is 9.59 Å². The van der Waals surface area contributed by atoms with Crippen LogP contribution in [0.1, 0.15) is 46.1 Å². The number of nitrogens with zero attached hydrogens (tertiary/aromatic N) is 2. The number of carbonyl (C=O) groups excluding carboxylic acids is 2. The fourth-order valence-electron chi connectivity index (χ4n) is 3.75. The first-order valence-corrected chi connectivity index (χ1v) is 10.6. The van der Waals surface area contributed by atoms with Crippen LogP contribution in [0.25, 0.3) is 0 Å². The summed E-state index contributed by atoms with van der Waals surface area (Å²) in [6.45, 7) is 2.34. The molecule has 4 rings (SSSR count). The fourth-order valence-corrected chi connectivity index (χ4v) is 4.94. The smallest absolute Gasteiger partial charge is 0.253 e. The molecule has 4 nitrogen and oxygen atoms in total. The molecule has 5 heteroatoms. The van der Waals surface area contributed by atoms with Crippen molar-refractivity contribution in [3.63, 3.8) is 0 Å². The van der Waals surface area contributed by atoms with Gasteiger partial charge in [0.2, 0.25) is 5.91 Å². The molecule has 2 heterocycles. The van der Waals surface area contributed by atoms with E-state index in [9.17, 15) is 9.59 Å². The van der Waals surface area contributed by atoms with Crippen molar-refractivity contribution in [3.05, 3.63) is 71.3 Å². The maximum atomic E-state index is 12.6. The molecule has 0 spiro atoms. The van der Waals surface area contributed by atoms with Gasteiger partial charge in [-0.2, -0.15) is 0 Å². The Balaban J connectivity index is 1.48. The van der Waals surface area contributed by atoms with E-state index in [1.165, 1.54) is 6.42 Å². The van der Waals surface area contributed by atoms with Crippen LogP contribution in [0.4, 0.5) is 0 Å². The van der Waals surface area contributed by atoms with Crippen LogP contribution in [-0.4, -0.2) is 40.5 Å². The van der Waals surface area contributed by atoms with E-state index in [2.05, 4.69) is 0 Å². The lowest BCUT2D eigenvalue weighted by atomic mass is 10.1. The van der Waals surface area contributed by atoms with E-state index in [4.69, 9.17) is 0 Å². The van der Waals surface area contributed by atoms with Crippen LogP contribution >= 0.6 is 11.8 Å². The molecule has 2 aliphatic heterocycles. The molecule has 27 heavy (non-hydrogen) atoms. The van der Waals surface area contributed by atoms with Crippen molar-refractivity contribution in [2.75, 3.05) is 18.8 Å². The lowest BCUT2D eigenvalue weighted by molar-refractivity contribution is -0.128. The van der Waals surface area contributed by atoms with E-state index in [0.717, 1.165) is 42.6 Å². The third-order valence-electron chi connectivity index (χ3n) is 5.25. The molecule has 2 fully saturated rings. The predicted molar refractivity (Wildman–Crippen MR) is 108 cm³/mol. The largest absolute Gasteiger partial charge is 0.339 e. The van der Waals surface area contributed by atoms with Crippen LogP contribution in [0.3, 0.4) is 0 Å². The average Bonchev–Trinajstić information content (AvgIpc) is 3.09. The number of hydrogen-bond donors (Lipinski definition) is 0. The Morgan fingerprint density at radius 3 is 2.37 bits per heavy atom. The zero-order valence-corrected chi connectivity index (χ0v) is 16.2. The van der Waals surface area contributed by atoms with Gasteiger partial charge >= 0.3 is 0 Å². The number of piperidine rings is 1. The Morgan fingerprint density at radius 1 is 0.963 bits per heavy atom. The Labute approximate surface area is 164 Å². The maximum absolute atomic E-state index is 12.6. The second-order valence-corrected chi connectivity index (χ2v) is 8.21. The van der Waals surface area contributed by atoms with Gasteiger partial charge in [-0.05, 0) is 42.5 Å². The molecule has 1 atom stereocenters. The van der Waals surface area contributed by atoms with Gasteiger partial charge in [0.1, 0.15) is 5.37 Å². The highest BCUT2D eigenvalue weighted by Crippen LogP contribution is 2.39. The number of carbonyl (C=O) groups is 2. The Morgan fingerprint density at radius 2 is 1.67 bits per heavy atom. The highest BCUT2D eigenvalue weighted by Gasteiger charge is 2.32. The molecule has 0 unspecified atom stereocenters. The molecule has 0 N–H and O–H groups in total. The molecular formula is C22H24N2O2S. The van der Waals surface area contributed by atoms with Crippen molar-refractivity contribution in [2.45, 2.75) is 31.2 Å². The normalized spacial score (nSPS) is 20.1. The number of rotatable bonds is 4. The second kappa shape index (κ2) is 8.17. The molecule has 2 aliphatic rings. The Kier molecular flexibility index (Phi) is 5.48. The fraction of sp³-hybridized carbons (Fsp3) is 0.364. The van der Waals surface area contributed by atoms with Gasteiger partial charge in [0.25, 0.3) is 5.91 Å². The number of thioether (sulfide) groups is 1.